The topological polar surface area (TPSA) is 69.6 Å². The zero-order chi connectivity index (χ0) is 13.1. The van der Waals surface area contributed by atoms with E-state index in [1.165, 1.54) is 0 Å². The van der Waals surface area contributed by atoms with Gasteiger partial charge in [0.1, 0.15) is 5.54 Å². The number of benzene rings is 1. The molecule has 0 radical (unpaired) electrons. The van der Waals surface area contributed by atoms with Crippen molar-refractivity contribution in [3.63, 3.8) is 0 Å². The van der Waals surface area contributed by atoms with E-state index in [4.69, 9.17) is 5.11 Å². The van der Waals surface area contributed by atoms with Gasteiger partial charge < -0.3 is 10.2 Å². The van der Waals surface area contributed by atoms with Crippen LogP contribution in [-0.2, 0) is 10.3 Å². The number of carboxylic acid groups (broad SMARTS) is 1. The summed E-state index contributed by atoms with van der Waals surface area (Å²) in [6.07, 6.45) is 0. The van der Waals surface area contributed by atoms with Gasteiger partial charge in [-0.2, -0.15) is 0 Å². The molecule has 4 heteroatoms. The molecule has 0 aliphatic carbocycles. The number of carbonyl (C=O) groups is 1. The number of aryl methyl sites for hydroxylation is 2. The number of nitrogens with one attached hydrogen (secondary N) is 1. The molecule has 0 fully saturated rings. The van der Waals surface area contributed by atoms with Gasteiger partial charge in [-0.25, -0.2) is 4.79 Å². The van der Waals surface area contributed by atoms with Crippen molar-refractivity contribution in [3.8, 4) is 0 Å². The number of hydrogen-bond donors (Lipinski definition) is 3. The van der Waals surface area contributed by atoms with Gasteiger partial charge >= 0.3 is 5.97 Å². The molecule has 94 valence electrons. The molecule has 0 bridgehead atoms. The standard InChI is InChI=1S/C13H19NO3/c1-9-4-5-11(8-10(9)2)13(3,12(16)17)14-6-7-15/h4-5,8,14-15H,6-7H2,1-3H3,(H,16,17). The summed E-state index contributed by atoms with van der Waals surface area (Å²) in [4.78, 5) is 11.4. The van der Waals surface area contributed by atoms with Gasteiger partial charge in [0.25, 0.3) is 0 Å². The Hall–Kier alpha value is -1.39. The first-order valence-corrected chi connectivity index (χ1v) is 5.59. The Bertz CT molecular complexity index is 417. The number of aliphatic hydroxyl groups is 1. The van der Waals surface area contributed by atoms with Crippen LogP contribution in [0.2, 0.25) is 0 Å². The molecule has 4 nitrogen and oxygen atoms in total. The van der Waals surface area contributed by atoms with Gasteiger partial charge in [0, 0.05) is 6.54 Å². The summed E-state index contributed by atoms with van der Waals surface area (Å²) in [6, 6.07) is 5.58. The van der Waals surface area contributed by atoms with Gasteiger partial charge in [-0.1, -0.05) is 18.2 Å². The van der Waals surface area contributed by atoms with Gasteiger partial charge in [-0.05, 0) is 37.5 Å². The summed E-state index contributed by atoms with van der Waals surface area (Å²) in [7, 11) is 0. The molecule has 0 aliphatic rings. The normalized spacial score (nSPS) is 14.4. The van der Waals surface area contributed by atoms with E-state index >= 15 is 0 Å². The number of hydrogen-bond acceptors (Lipinski definition) is 3. The molecule has 17 heavy (non-hydrogen) atoms. The zero-order valence-corrected chi connectivity index (χ0v) is 10.4. The lowest BCUT2D eigenvalue weighted by molar-refractivity contribution is -0.144. The molecule has 0 aromatic heterocycles. The Balaban J connectivity index is 3.13. The molecule has 3 N–H and O–H groups in total. The summed E-state index contributed by atoms with van der Waals surface area (Å²) >= 11 is 0. The Morgan fingerprint density at radius 2 is 2.00 bits per heavy atom. The van der Waals surface area contributed by atoms with Crippen molar-refractivity contribution in [2.45, 2.75) is 26.3 Å². The molecule has 0 heterocycles. The third-order valence-corrected chi connectivity index (χ3v) is 3.10. The molecule has 0 saturated carbocycles. The highest BCUT2D eigenvalue weighted by Crippen LogP contribution is 2.23. The number of aliphatic carboxylic acids is 1. The lowest BCUT2D eigenvalue weighted by Gasteiger charge is -2.27. The monoisotopic (exact) mass is 237 g/mol. The third kappa shape index (κ3) is 2.84. The average Bonchev–Trinajstić information content (AvgIpc) is 2.29. The molecular formula is C13H19NO3. The van der Waals surface area contributed by atoms with E-state index in [0.717, 1.165) is 11.1 Å². The molecule has 1 aromatic carbocycles. The molecular weight excluding hydrogens is 218 g/mol. The van der Waals surface area contributed by atoms with E-state index in [2.05, 4.69) is 5.32 Å². The summed E-state index contributed by atoms with van der Waals surface area (Å²) in [5, 5.41) is 21.0. The molecule has 1 rings (SSSR count). The minimum atomic E-state index is -1.17. The van der Waals surface area contributed by atoms with Crippen molar-refractivity contribution in [1.29, 1.82) is 0 Å². The number of carboxylic acids is 1. The van der Waals surface area contributed by atoms with Crippen molar-refractivity contribution < 1.29 is 15.0 Å². The van der Waals surface area contributed by atoms with E-state index in [1.54, 1.807) is 13.0 Å². The highest BCUT2D eigenvalue weighted by Gasteiger charge is 2.34. The van der Waals surface area contributed by atoms with Crippen LogP contribution in [-0.4, -0.2) is 29.3 Å². The Morgan fingerprint density at radius 1 is 1.35 bits per heavy atom. The fourth-order valence-corrected chi connectivity index (χ4v) is 1.66. The van der Waals surface area contributed by atoms with Crippen LogP contribution in [0.25, 0.3) is 0 Å². The largest absolute Gasteiger partial charge is 0.480 e. The van der Waals surface area contributed by atoms with Crippen LogP contribution in [0.1, 0.15) is 23.6 Å². The summed E-state index contributed by atoms with van der Waals surface area (Å²) in [5.41, 5.74) is 1.72. The maximum Gasteiger partial charge on any atom is 0.328 e. The summed E-state index contributed by atoms with van der Waals surface area (Å²) < 4.78 is 0. The third-order valence-electron chi connectivity index (χ3n) is 3.10. The first kappa shape index (κ1) is 13.7. The van der Waals surface area contributed by atoms with Gasteiger partial charge in [0.15, 0.2) is 0 Å². The van der Waals surface area contributed by atoms with Gasteiger partial charge in [-0.15, -0.1) is 0 Å². The van der Waals surface area contributed by atoms with Crippen LogP contribution in [0.3, 0.4) is 0 Å². The van der Waals surface area contributed by atoms with Crippen molar-refractivity contribution in [2.75, 3.05) is 13.2 Å². The molecule has 1 aromatic rings. The second-order valence-corrected chi connectivity index (χ2v) is 4.38. The van der Waals surface area contributed by atoms with E-state index in [1.807, 2.05) is 26.0 Å². The molecule has 0 spiro atoms. The summed E-state index contributed by atoms with van der Waals surface area (Å²) in [6.45, 7) is 5.70. The van der Waals surface area contributed by atoms with Crippen LogP contribution in [0.15, 0.2) is 18.2 Å². The second-order valence-electron chi connectivity index (χ2n) is 4.38. The molecule has 0 amide bonds. The fourth-order valence-electron chi connectivity index (χ4n) is 1.66. The maximum atomic E-state index is 11.4. The maximum absolute atomic E-state index is 11.4. The van der Waals surface area contributed by atoms with E-state index < -0.39 is 11.5 Å². The number of aliphatic hydroxyl groups excluding tert-OH is 1. The predicted octanol–water partition coefficient (Wildman–Crippen LogP) is 1.19. The van der Waals surface area contributed by atoms with Crippen LogP contribution < -0.4 is 5.32 Å². The van der Waals surface area contributed by atoms with Crippen LogP contribution in [0, 0.1) is 13.8 Å². The lowest BCUT2D eigenvalue weighted by Crippen LogP contribution is -2.47. The van der Waals surface area contributed by atoms with E-state index in [9.17, 15) is 9.90 Å². The SMILES string of the molecule is Cc1ccc(C(C)(NCCO)C(=O)O)cc1C. The Kier molecular flexibility index (Phi) is 4.26. The predicted molar refractivity (Wildman–Crippen MR) is 66.0 cm³/mol. The van der Waals surface area contributed by atoms with Crippen molar-refractivity contribution in [3.05, 3.63) is 34.9 Å². The van der Waals surface area contributed by atoms with E-state index in [-0.39, 0.29) is 13.2 Å². The molecule has 0 aliphatic heterocycles. The molecule has 1 unspecified atom stereocenters. The van der Waals surface area contributed by atoms with Gasteiger partial charge in [0.2, 0.25) is 0 Å². The first-order valence-electron chi connectivity index (χ1n) is 5.59. The molecule has 0 saturated heterocycles. The minimum absolute atomic E-state index is 0.0896. The van der Waals surface area contributed by atoms with Crippen molar-refractivity contribution in [2.24, 2.45) is 0 Å². The Morgan fingerprint density at radius 3 is 2.47 bits per heavy atom. The van der Waals surface area contributed by atoms with Gasteiger partial charge in [-0.3, -0.25) is 5.32 Å². The first-order chi connectivity index (χ1) is 7.91. The zero-order valence-electron chi connectivity index (χ0n) is 10.4. The average molecular weight is 237 g/mol. The lowest BCUT2D eigenvalue weighted by atomic mass is 9.89. The smallest absolute Gasteiger partial charge is 0.328 e. The van der Waals surface area contributed by atoms with Crippen LogP contribution in [0.5, 0.6) is 0 Å². The number of rotatable bonds is 5. The Labute approximate surface area is 101 Å². The highest BCUT2D eigenvalue weighted by molar-refractivity contribution is 5.80. The fraction of sp³-hybridized carbons (Fsp3) is 0.462. The van der Waals surface area contributed by atoms with Crippen LogP contribution in [0.4, 0.5) is 0 Å². The van der Waals surface area contributed by atoms with Crippen LogP contribution >= 0.6 is 0 Å². The minimum Gasteiger partial charge on any atom is -0.480 e. The molecule has 1 atom stereocenters. The highest BCUT2D eigenvalue weighted by atomic mass is 16.4. The summed E-state index contributed by atoms with van der Waals surface area (Å²) in [5.74, 6) is -0.950. The quantitative estimate of drug-likeness (QED) is 0.719. The van der Waals surface area contributed by atoms with Crippen molar-refractivity contribution in [1.82, 2.24) is 5.32 Å². The van der Waals surface area contributed by atoms with E-state index in [0.29, 0.717) is 5.56 Å². The van der Waals surface area contributed by atoms with Gasteiger partial charge in [0.05, 0.1) is 6.61 Å². The van der Waals surface area contributed by atoms with Crippen molar-refractivity contribution >= 4 is 5.97 Å². The second kappa shape index (κ2) is 5.29.